The topological polar surface area (TPSA) is 101 Å². The number of halogens is 2. The van der Waals surface area contributed by atoms with Crippen molar-refractivity contribution in [3.8, 4) is 0 Å². The summed E-state index contributed by atoms with van der Waals surface area (Å²) in [6, 6.07) is 13.0. The number of amides is 1. The van der Waals surface area contributed by atoms with E-state index >= 15 is 0 Å². The number of nitrogens with one attached hydrogen (secondary N) is 2. The number of carbonyl (C=O) groups excluding carboxylic acids is 1. The predicted octanol–water partition coefficient (Wildman–Crippen LogP) is 1.99. The van der Waals surface area contributed by atoms with Crippen LogP contribution in [0.4, 0.5) is 4.39 Å². The van der Waals surface area contributed by atoms with E-state index < -0.39 is 32.7 Å². The van der Waals surface area contributed by atoms with E-state index in [4.69, 9.17) is 5.73 Å². The van der Waals surface area contributed by atoms with Crippen LogP contribution in [0, 0.1) is 5.82 Å². The first-order valence-corrected chi connectivity index (χ1v) is 10.2. The van der Waals surface area contributed by atoms with Gasteiger partial charge in [0.05, 0.1) is 0 Å². The number of hydrogen-bond donors (Lipinski definition) is 3. The number of nitrogens with two attached hydrogens (primary N) is 1. The maximum Gasteiger partial charge on any atom is 0.244 e. The maximum atomic E-state index is 13.9. The molecular formula is C19H25ClFN3O3S. The molecule has 154 valence electrons. The molecule has 0 heterocycles. The molecule has 9 heteroatoms. The van der Waals surface area contributed by atoms with E-state index in [1.807, 2.05) is 6.07 Å². The van der Waals surface area contributed by atoms with Gasteiger partial charge in [0.1, 0.15) is 16.8 Å². The molecule has 2 aromatic carbocycles. The molecule has 0 radical (unpaired) electrons. The molecule has 1 amide bonds. The highest BCUT2D eigenvalue weighted by Gasteiger charge is 2.27. The van der Waals surface area contributed by atoms with Crippen molar-refractivity contribution in [1.29, 1.82) is 0 Å². The summed E-state index contributed by atoms with van der Waals surface area (Å²) >= 11 is 0. The van der Waals surface area contributed by atoms with E-state index in [0.717, 1.165) is 24.1 Å². The van der Waals surface area contributed by atoms with Crippen molar-refractivity contribution in [3.63, 3.8) is 0 Å². The molecule has 2 aromatic rings. The molecule has 4 N–H and O–H groups in total. The van der Waals surface area contributed by atoms with Crippen LogP contribution in [0.5, 0.6) is 0 Å². The minimum atomic E-state index is -4.20. The first kappa shape index (κ1) is 24.0. The summed E-state index contributed by atoms with van der Waals surface area (Å²) in [7, 11) is -4.20. The Hall–Kier alpha value is -2.00. The van der Waals surface area contributed by atoms with Gasteiger partial charge in [0.2, 0.25) is 15.9 Å². The van der Waals surface area contributed by atoms with E-state index in [1.165, 1.54) is 12.1 Å². The van der Waals surface area contributed by atoms with Gasteiger partial charge in [0.25, 0.3) is 0 Å². The zero-order valence-electron chi connectivity index (χ0n) is 15.3. The van der Waals surface area contributed by atoms with Gasteiger partial charge in [-0.05, 0) is 43.5 Å². The maximum absolute atomic E-state index is 13.9. The molecule has 0 aliphatic rings. The van der Waals surface area contributed by atoms with Gasteiger partial charge < -0.3 is 11.1 Å². The van der Waals surface area contributed by atoms with Gasteiger partial charge in [-0.1, -0.05) is 42.5 Å². The number of sulfonamides is 1. The molecule has 0 saturated carbocycles. The van der Waals surface area contributed by atoms with Crippen LogP contribution in [0.1, 0.15) is 18.4 Å². The van der Waals surface area contributed by atoms with Crippen LogP contribution in [0.3, 0.4) is 0 Å². The molecule has 1 atom stereocenters. The molecule has 0 saturated heterocycles. The molecular weight excluding hydrogens is 405 g/mol. The lowest BCUT2D eigenvalue weighted by atomic mass is 10.1. The summed E-state index contributed by atoms with van der Waals surface area (Å²) < 4.78 is 41.4. The van der Waals surface area contributed by atoms with Gasteiger partial charge in [-0.2, -0.15) is 4.72 Å². The molecule has 0 aliphatic heterocycles. The van der Waals surface area contributed by atoms with Gasteiger partial charge in [-0.25, -0.2) is 12.8 Å². The quantitative estimate of drug-likeness (QED) is 0.503. The molecule has 6 nitrogen and oxygen atoms in total. The first-order valence-electron chi connectivity index (χ1n) is 8.72. The van der Waals surface area contributed by atoms with Crippen molar-refractivity contribution in [2.75, 3.05) is 13.1 Å². The Morgan fingerprint density at radius 1 is 1.04 bits per heavy atom. The van der Waals surface area contributed by atoms with E-state index in [1.54, 1.807) is 24.3 Å². The van der Waals surface area contributed by atoms with E-state index in [0.29, 0.717) is 19.5 Å². The smallest absolute Gasteiger partial charge is 0.244 e. The van der Waals surface area contributed by atoms with Gasteiger partial charge in [-0.15, -0.1) is 12.4 Å². The lowest BCUT2D eigenvalue weighted by Crippen LogP contribution is -2.48. The van der Waals surface area contributed by atoms with Crippen LogP contribution in [-0.4, -0.2) is 33.5 Å². The fourth-order valence-corrected chi connectivity index (χ4v) is 3.83. The minimum Gasteiger partial charge on any atom is -0.355 e. The van der Waals surface area contributed by atoms with Gasteiger partial charge in [-0.3, -0.25) is 4.79 Å². The minimum absolute atomic E-state index is 0. The van der Waals surface area contributed by atoms with Gasteiger partial charge in [0.15, 0.2) is 0 Å². The summed E-state index contributed by atoms with van der Waals surface area (Å²) in [6.07, 6.45) is 1.60. The van der Waals surface area contributed by atoms with Crippen LogP contribution in [0.25, 0.3) is 0 Å². The third-order valence-corrected chi connectivity index (χ3v) is 5.46. The fourth-order valence-electron chi connectivity index (χ4n) is 2.56. The van der Waals surface area contributed by atoms with Crippen molar-refractivity contribution in [1.82, 2.24) is 10.0 Å². The Morgan fingerprint density at radius 2 is 1.68 bits per heavy atom. The van der Waals surface area contributed by atoms with Crippen molar-refractivity contribution in [2.45, 2.75) is 30.2 Å². The van der Waals surface area contributed by atoms with Crippen LogP contribution in [-0.2, 0) is 21.2 Å². The molecule has 0 aliphatic carbocycles. The van der Waals surface area contributed by atoms with E-state index in [2.05, 4.69) is 10.0 Å². The highest BCUT2D eigenvalue weighted by atomic mass is 35.5. The summed E-state index contributed by atoms with van der Waals surface area (Å²) in [5, 5.41) is 2.71. The zero-order chi connectivity index (χ0) is 19.7. The Bertz CT molecular complexity index is 851. The summed E-state index contributed by atoms with van der Waals surface area (Å²) in [6.45, 7) is 0.909. The van der Waals surface area contributed by atoms with Crippen molar-refractivity contribution in [3.05, 3.63) is 66.0 Å². The molecule has 1 unspecified atom stereocenters. The molecule has 2 rings (SSSR count). The Balaban J connectivity index is 0.00000392. The molecule has 0 fully saturated rings. The normalized spacial score (nSPS) is 12.1. The lowest BCUT2D eigenvalue weighted by Gasteiger charge is -2.19. The SMILES string of the molecule is Cl.NCCCCNC(=O)C(Cc1ccccc1)NS(=O)(=O)c1ccccc1F. The van der Waals surface area contributed by atoms with Crippen LogP contribution in [0.2, 0.25) is 0 Å². The third kappa shape index (κ3) is 7.20. The van der Waals surface area contributed by atoms with Gasteiger partial charge in [0, 0.05) is 6.54 Å². The fraction of sp³-hybridized carbons (Fsp3) is 0.316. The second-order valence-electron chi connectivity index (χ2n) is 6.08. The molecule has 28 heavy (non-hydrogen) atoms. The van der Waals surface area contributed by atoms with Crippen molar-refractivity contribution in [2.24, 2.45) is 5.73 Å². The number of rotatable bonds is 10. The second-order valence-corrected chi connectivity index (χ2v) is 7.76. The standard InChI is InChI=1S/C19H24FN3O3S.ClH/c20-16-10-4-5-11-18(16)27(25,26)23-17(14-15-8-2-1-3-9-15)19(24)22-13-7-6-12-21;/h1-5,8-11,17,23H,6-7,12-14,21H2,(H,22,24);1H. The van der Waals surface area contributed by atoms with Gasteiger partial charge >= 0.3 is 0 Å². The first-order chi connectivity index (χ1) is 12.9. The Kier molecular flexibility index (Phi) is 10.1. The number of benzene rings is 2. The largest absolute Gasteiger partial charge is 0.355 e. The summed E-state index contributed by atoms with van der Waals surface area (Å²) in [5.41, 5.74) is 6.22. The van der Waals surface area contributed by atoms with E-state index in [-0.39, 0.29) is 18.8 Å². The number of unbranched alkanes of at least 4 members (excludes halogenated alkanes) is 1. The third-order valence-electron chi connectivity index (χ3n) is 3.95. The predicted molar refractivity (Wildman–Crippen MR) is 109 cm³/mol. The summed E-state index contributed by atoms with van der Waals surface area (Å²) in [4.78, 5) is 12.1. The lowest BCUT2D eigenvalue weighted by molar-refractivity contribution is -0.122. The second kappa shape index (κ2) is 11.8. The van der Waals surface area contributed by atoms with Crippen molar-refractivity contribution < 1.29 is 17.6 Å². The average Bonchev–Trinajstić information content (AvgIpc) is 2.65. The summed E-state index contributed by atoms with van der Waals surface area (Å²) in [5.74, 6) is -1.33. The van der Waals surface area contributed by atoms with Crippen LogP contribution < -0.4 is 15.8 Å². The average molecular weight is 430 g/mol. The number of carbonyl (C=O) groups is 1. The highest BCUT2D eigenvalue weighted by molar-refractivity contribution is 7.89. The molecule has 0 aromatic heterocycles. The van der Waals surface area contributed by atoms with E-state index in [9.17, 15) is 17.6 Å². The zero-order valence-corrected chi connectivity index (χ0v) is 16.9. The van der Waals surface area contributed by atoms with Crippen LogP contribution in [0.15, 0.2) is 59.5 Å². The monoisotopic (exact) mass is 429 g/mol. The number of hydrogen-bond acceptors (Lipinski definition) is 4. The molecule has 0 bridgehead atoms. The highest BCUT2D eigenvalue weighted by Crippen LogP contribution is 2.15. The Labute approximate surface area is 171 Å². The Morgan fingerprint density at radius 3 is 2.32 bits per heavy atom. The van der Waals surface area contributed by atoms with Crippen molar-refractivity contribution >= 4 is 28.3 Å². The molecule has 0 spiro atoms. The van der Waals surface area contributed by atoms with Crippen LogP contribution >= 0.6 is 12.4 Å².